The molecule has 2 N–H and O–H groups in total. The molecule has 2 amide bonds. The van der Waals surface area contributed by atoms with Crippen molar-refractivity contribution in [2.24, 2.45) is 0 Å². The normalized spacial score (nSPS) is 11.4. The molecule has 0 unspecified atom stereocenters. The monoisotopic (exact) mass is 466 g/mol. The molecule has 0 aliphatic rings. The lowest BCUT2D eigenvalue weighted by molar-refractivity contribution is -0.384. The van der Waals surface area contributed by atoms with Crippen molar-refractivity contribution in [3.8, 4) is 0 Å². The average Bonchev–Trinajstić information content (AvgIpc) is 3.02. The number of amides is 2. The zero-order valence-corrected chi connectivity index (χ0v) is 17.1. The van der Waals surface area contributed by atoms with Gasteiger partial charge < -0.3 is 15.1 Å². The molecule has 0 aliphatic heterocycles. The summed E-state index contributed by atoms with van der Waals surface area (Å²) in [4.78, 5) is 45.9. The number of halogens is 3. The predicted molar refractivity (Wildman–Crippen MR) is 111 cm³/mol. The van der Waals surface area contributed by atoms with Gasteiger partial charge in [-0.1, -0.05) is 0 Å². The Labute approximate surface area is 183 Å². The van der Waals surface area contributed by atoms with Crippen LogP contribution in [0.15, 0.2) is 45.6 Å². The molecule has 1 heterocycles. The number of nitrogens with zero attached hydrogens (tertiary/aromatic N) is 2. The molecular formula is C20H17F3N4O6. The summed E-state index contributed by atoms with van der Waals surface area (Å²) in [6.45, 7) is 1.20. The van der Waals surface area contributed by atoms with E-state index in [1.165, 1.54) is 23.6 Å². The van der Waals surface area contributed by atoms with E-state index in [1.807, 2.05) is 0 Å². The molecule has 10 nitrogen and oxygen atoms in total. The molecule has 13 heteroatoms. The van der Waals surface area contributed by atoms with Gasteiger partial charge in [0.1, 0.15) is 0 Å². The van der Waals surface area contributed by atoms with Crippen LogP contribution in [0, 0.1) is 10.1 Å². The van der Waals surface area contributed by atoms with Crippen LogP contribution < -0.4 is 16.4 Å². The first-order valence-corrected chi connectivity index (χ1v) is 9.52. The van der Waals surface area contributed by atoms with Crippen LogP contribution in [0.4, 0.5) is 30.2 Å². The Bertz CT molecular complexity index is 1300. The maximum Gasteiger partial charge on any atom is 0.419 e. The lowest BCUT2D eigenvalue weighted by Crippen LogP contribution is -2.18. The van der Waals surface area contributed by atoms with Gasteiger partial charge in [0.05, 0.1) is 33.4 Å². The highest BCUT2D eigenvalue weighted by atomic mass is 19.4. The van der Waals surface area contributed by atoms with Gasteiger partial charge in [-0.2, -0.15) is 13.2 Å². The number of aryl methyl sites for hydroxylation is 1. The Morgan fingerprint density at radius 3 is 2.48 bits per heavy atom. The number of anilines is 2. The van der Waals surface area contributed by atoms with Crippen LogP contribution in [-0.4, -0.2) is 21.3 Å². The summed E-state index contributed by atoms with van der Waals surface area (Å²) in [6.07, 6.45) is -4.69. The molecule has 2 aromatic carbocycles. The first-order chi connectivity index (χ1) is 15.5. The number of nitro groups is 1. The molecule has 33 heavy (non-hydrogen) atoms. The van der Waals surface area contributed by atoms with Crippen molar-refractivity contribution in [2.75, 3.05) is 10.6 Å². The van der Waals surface area contributed by atoms with Gasteiger partial charge in [0.2, 0.25) is 11.8 Å². The highest BCUT2D eigenvalue weighted by Gasteiger charge is 2.31. The average molecular weight is 466 g/mol. The van der Waals surface area contributed by atoms with Gasteiger partial charge in [-0.25, -0.2) is 4.79 Å². The minimum Gasteiger partial charge on any atom is -0.407 e. The minimum absolute atomic E-state index is 0.00231. The fourth-order valence-electron chi connectivity index (χ4n) is 3.11. The van der Waals surface area contributed by atoms with Gasteiger partial charge in [-0.05, 0) is 30.7 Å². The number of nitro benzene ring substituents is 1. The number of nitrogens with one attached hydrogen (secondary N) is 2. The molecule has 0 atom stereocenters. The van der Waals surface area contributed by atoms with Gasteiger partial charge in [-0.15, -0.1) is 0 Å². The van der Waals surface area contributed by atoms with Crippen LogP contribution in [0.3, 0.4) is 0 Å². The van der Waals surface area contributed by atoms with E-state index < -0.39 is 34.2 Å². The van der Waals surface area contributed by atoms with Gasteiger partial charge >= 0.3 is 11.9 Å². The van der Waals surface area contributed by atoms with Crippen LogP contribution in [0.5, 0.6) is 0 Å². The standard InChI is InChI=1S/C20H17F3N4O6/c1-11(28)24-14-6-4-12(20(21,22)23)9-15(14)25-18(29)3-2-8-26-16-7-5-13(27(31)32)10-17(16)33-19(26)30/h4-7,9-10H,2-3,8H2,1H3,(H,24,28)(H,25,29). The maximum atomic E-state index is 13.0. The highest BCUT2D eigenvalue weighted by Crippen LogP contribution is 2.34. The van der Waals surface area contributed by atoms with Crippen molar-refractivity contribution in [1.29, 1.82) is 0 Å². The fraction of sp³-hybridized carbons (Fsp3) is 0.250. The van der Waals surface area contributed by atoms with Crippen LogP contribution in [0.1, 0.15) is 25.3 Å². The van der Waals surface area contributed by atoms with Gasteiger partial charge in [0.25, 0.3) is 5.69 Å². The van der Waals surface area contributed by atoms with Crippen molar-refractivity contribution in [1.82, 2.24) is 4.57 Å². The van der Waals surface area contributed by atoms with Crippen molar-refractivity contribution in [2.45, 2.75) is 32.5 Å². The van der Waals surface area contributed by atoms with E-state index >= 15 is 0 Å². The first kappa shape index (κ1) is 23.5. The number of aromatic nitrogens is 1. The van der Waals surface area contributed by atoms with Crippen molar-refractivity contribution in [3.05, 3.63) is 62.6 Å². The van der Waals surface area contributed by atoms with Crippen LogP contribution >= 0.6 is 0 Å². The van der Waals surface area contributed by atoms with Gasteiger partial charge in [0, 0.05) is 26.0 Å². The van der Waals surface area contributed by atoms with E-state index in [1.54, 1.807) is 0 Å². The number of alkyl halides is 3. The van der Waals surface area contributed by atoms with Crippen molar-refractivity contribution >= 4 is 40.0 Å². The molecule has 0 saturated heterocycles. The number of fused-ring (bicyclic) bond motifs is 1. The quantitative estimate of drug-likeness (QED) is 0.400. The number of carbonyl (C=O) groups is 2. The molecular weight excluding hydrogens is 449 g/mol. The van der Waals surface area contributed by atoms with E-state index in [2.05, 4.69) is 10.6 Å². The zero-order valence-electron chi connectivity index (χ0n) is 17.1. The first-order valence-electron chi connectivity index (χ1n) is 9.52. The molecule has 0 saturated carbocycles. The lowest BCUT2D eigenvalue weighted by Gasteiger charge is -2.15. The Morgan fingerprint density at radius 2 is 1.85 bits per heavy atom. The molecule has 0 spiro atoms. The third-order valence-electron chi connectivity index (χ3n) is 4.58. The summed E-state index contributed by atoms with van der Waals surface area (Å²) < 4.78 is 45.2. The number of hydrogen-bond donors (Lipinski definition) is 2. The lowest BCUT2D eigenvalue weighted by atomic mass is 10.1. The van der Waals surface area contributed by atoms with E-state index in [4.69, 9.17) is 4.42 Å². The Balaban J connectivity index is 1.71. The molecule has 174 valence electrons. The zero-order chi connectivity index (χ0) is 24.3. The maximum absolute atomic E-state index is 13.0. The van der Waals surface area contributed by atoms with Crippen molar-refractivity contribution < 1.29 is 32.1 Å². The SMILES string of the molecule is CC(=O)Nc1ccc(C(F)(F)F)cc1NC(=O)CCCn1c(=O)oc2cc([N+](=O)[O-])ccc21. The third kappa shape index (κ3) is 5.56. The topological polar surface area (TPSA) is 136 Å². The fourth-order valence-corrected chi connectivity index (χ4v) is 3.11. The minimum atomic E-state index is -4.65. The molecule has 3 aromatic rings. The van der Waals surface area contributed by atoms with Gasteiger partial charge in [-0.3, -0.25) is 24.3 Å². The predicted octanol–water partition coefficient (Wildman–Crippen LogP) is 3.90. The van der Waals surface area contributed by atoms with Crippen molar-refractivity contribution in [3.63, 3.8) is 0 Å². The number of rotatable bonds is 7. The second-order valence-electron chi connectivity index (χ2n) is 7.02. The van der Waals surface area contributed by atoms with E-state index in [-0.39, 0.29) is 42.0 Å². The summed E-state index contributed by atoms with van der Waals surface area (Å²) >= 11 is 0. The summed E-state index contributed by atoms with van der Waals surface area (Å²) in [5.74, 6) is -1.94. The molecule has 3 rings (SSSR count). The third-order valence-corrected chi connectivity index (χ3v) is 4.58. The molecule has 1 aromatic heterocycles. The molecule has 0 bridgehead atoms. The van der Waals surface area contributed by atoms with Crippen LogP contribution in [0.25, 0.3) is 11.1 Å². The van der Waals surface area contributed by atoms with Crippen LogP contribution in [0.2, 0.25) is 0 Å². The summed E-state index contributed by atoms with van der Waals surface area (Å²) in [5, 5.41) is 15.5. The molecule has 0 aliphatic carbocycles. The summed E-state index contributed by atoms with van der Waals surface area (Å²) in [6, 6.07) is 6.19. The van der Waals surface area contributed by atoms with E-state index in [0.717, 1.165) is 18.2 Å². The van der Waals surface area contributed by atoms with Crippen LogP contribution in [-0.2, 0) is 22.3 Å². The van der Waals surface area contributed by atoms with Gasteiger partial charge in [0.15, 0.2) is 5.58 Å². The Morgan fingerprint density at radius 1 is 1.12 bits per heavy atom. The number of carbonyl (C=O) groups excluding carboxylic acids is 2. The number of oxazole rings is 1. The smallest absolute Gasteiger partial charge is 0.407 e. The second kappa shape index (κ2) is 9.14. The second-order valence-corrected chi connectivity index (χ2v) is 7.02. The number of hydrogen-bond acceptors (Lipinski definition) is 6. The number of benzene rings is 2. The number of non-ortho nitro benzene ring substituents is 1. The summed E-state index contributed by atoms with van der Waals surface area (Å²) in [7, 11) is 0. The summed E-state index contributed by atoms with van der Waals surface area (Å²) in [5.41, 5.74) is -1.15. The Hall–Kier alpha value is -4.16. The van der Waals surface area contributed by atoms with E-state index in [9.17, 15) is 37.7 Å². The highest BCUT2D eigenvalue weighted by molar-refractivity contribution is 5.99. The van der Waals surface area contributed by atoms with E-state index in [0.29, 0.717) is 11.6 Å². The molecule has 0 radical (unpaired) electrons. The Kier molecular flexibility index (Phi) is 6.51. The largest absolute Gasteiger partial charge is 0.419 e. The molecule has 0 fully saturated rings.